The number of hydrogen-bond acceptors (Lipinski definition) is 3. The minimum absolute atomic E-state index is 0.0161. The van der Waals surface area contributed by atoms with E-state index in [9.17, 15) is 9.90 Å². The number of hydrogen-bond donors (Lipinski definition) is 4. The van der Waals surface area contributed by atoms with Gasteiger partial charge in [-0.25, -0.2) is 4.79 Å². The molecule has 2 aromatic carbocycles. The normalized spacial score (nSPS) is 12.0. The molecule has 3 rings (SSSR count). The van der Waals surface area contributed by atoms with E-state index in [1.807, 2.05) is 55.6 Å². The van der Waals surface area contributed by atoms with Crippen molar-refractivity contribution in [3.63, 3.8) is 0 Å². The van der Waals surface area contributed by atoms with Crippen LogP contribution in [-0.2, 0) is 11.8 Å². The standard InChI is InChI=1S/C20H23N5O2/c1-25-16-10-4-2-7-13(16)18(14-8-3-5-11-17(14)25)24-15(19(26)27)9-6-12-23-20(21)22/h2-5,7-8,10-11,15H,6,9,12H2,1H3,(H5,21,22,23,26,27)/p+1. The molecule has 0 aliphatic heterocycles. The highest BCUT2D eigenvalue weighted by Gasteiger charge is 2.22. The first-order valence-electron chi connectivity index (χ1n) is 8.83. The summed E-state index contributed by atoms with van der Waals surface area (Å²) in [5.41, 5.74) is 13.5. The summed E-state index contributed by atoms with van der Waals surface area (Å²) >= 11 is 0. The second-order valence-corrected chi connectivity index (χ2v) is 6.45. The summed E-state index contributed by atoms with van der Waals surface area (Å²) in [4.78, 5) is 15.7. The van der Waals surface area contributed by atoms with Gasteiger partial charge in [0.15, 0.2) is 5.96 Å². The van der Waals surface area contributed by atoms with Crippen molar-refractivity contribution in [2.24, 2.45) is 23.5 Å². The molecule has 0 saturated heterocycles. The third-order valence-electron chi connectivity index (χ3n) is 4.63. The molecule has 0 radical (unpaired) electrons. The summed E-state index contributed by atoms with van der Waals surface area (Å²) < 4.78 is 2.12. The lowest BCUT2D eigenvalue weighted by Gasteiger charge is -2.18. The number of para-hydroxylation sites is 2. The molecule has 7 heteroatoms. The second kappa shape index (κ2) is 7.90. The molecule has 0 fully saturated rings. The number of nitrogens with two attached hydrogens (primary N) is 2. The van der Waals surface area contributed by atoms with Crippen molar-refractivity contribution in [2.45, 2.75) is 18.9 Å². The number of pyridine rings is 1. The third-order valence-corrected chi connectivity index (χ3v) is 4.63. The molecule has 3 aromatic rings. The fourth-order valence-corrected chi connectivity index (χ4v) is 3.32. The number of anilines is 1. The highest BCUT2D eigenvalue weighted by Crippen LogP contribution is 2.30. The average Bonchev–Trinajstić information content (AvgIpc) is 2.66. The number of aromatic nitrogens is 1. The van der Waals surface area contributed by atoms with Crippen molar-refractivity contribution < 1.29 is 14.5 Å². The molecule has 0 amide bonds. The molecule has 0 aliphatic rings. The van der Waals surface area contributed by atoms with Gasteiger partial charge in [0.2, 0.25) is 11.0 Å². The number of carboxylic acids is 1. The number of carboxylic acid groups (broad SMARTS) is 1. The van der Waals surface area contributed by atoms with Crippen molar-refractivity contribution in [2.75, 3.05) is 11.9 Å². The van der Waals surface area contributed by atoms with Crippen molar-refractivity contribution in [3.8, 4) is 0 Å². The van der Waals surface area contributed by atoms with Gasteiger partial charge in [0, 0.05) is 18.7 Å². The van der Waals surface area contributed by atoms with Crippen LogP contribution in [0, 0.1) is 0 Å². The van der Waals surface area contributed by atoms with Crippen LogP contribution in [-0.4, -0.2) is 29.6 Å². The summed E-state index contributed by atoms with van der Waals surface area (Å²) in [5.74, 6) is -0.886. The lowest BCUT2D eigenvalue weighted by Crippen LogP contribution is -2.33. The van der Waals surface area contributed by atoms with Gasteiger partial charge in [-0.3, -0.25) is 4.99 Å². The van der Waals surface area contributed by atoms with Crippen LogP contribution in [0.2, 0.25) is 0 Å². The largest absolute Gasteiger partial charge is 0.480 e. The fraction of sp³-hybridized carbons (Fsp3) is 0.250. The molecule has 6 N–H and O–H groups in total. The van der Waals surface area contributed by atoms with Crippen LogP contribution in [0.1, 0.15) is 12.8 Å². The topological polar surface area (TPSA) is 118 Å². The Morgan fingerprint density at radius 2 is 1.67 bits per heavy atom. The molecular formula is C20H24N5O2+. The van der Waals surface area contributed by atoms with Crippen molar-refractivity contribution >= 4 is 39.4 Å². The monoisotopic (exact) mass is 366 g/mol. The Labute approximate surface area is 157 Å². The molecule has 1 heterocycles. The van der Waals surface area contributed by atoms with Gasteiger partial charge in [-0.05, 0) is 25.0 Å². The van der Waals surface area contributed by atoms with Crippen LogP contribution in [0.5, 0.6) is 0 Å². The van der Waals surface area contributed by atoms with E-state index in [1.54, 1.807) is 0 Å². The Balaban J connectivity index is 2.02. The van der Waals surface area contributed by atoms with E-state index in [1.165, 1.54) is 0 Å². The van der Waals surface area contributed by atoms with Gasteiger partial charge in [0.1, 0.15) is 13.1 Å². The van der Waals surface area contributed by atoms with Crippen LogP contribution in [0.3, 0.4) is 0 Å². The first-order chi connectivity index (χ1) is 13.0. The molecule has 0 spiro atoms. The summed E-state index contributed by atoms with van der Waals surface area (Å²) in [6.45, 7) is 0.402. The second-order valence-electron chi connectivity index (χ2n) is 6.45. The minimum atomic E-state index is -0.902. The zero-order valence-electron chi connectivity index (χ0n) is 15.2. The summed E-state index contributed by atoms with van der Waals surface area (Å²) in [5, 5.41) is 14.9. The van der Waals surface area contributed by atoms with Gasteiger partial charge in [0.25, 0.3) is 0 Å². The maximum absolute atomic E-state index is 11.8. The maximum Gasteiger partial charge on any atom is 0.326 e. The molecule has 7 nitrogen and oxygen atoms in total. The Kier molecular flexibility index (Phi) is 5.40. The highest BCUT2D eigenvalue weighted by molar-refractivity contribution is 6.05. The van der Waals surface area contributed by atoms with Crippen LogP contribution >= 0.6 is 0 Å². The van der Waals surface area contributed by atoms with E-state index >= 15 is 0 Å². The number of aliphatic carboxylic acids is 1. The van der Waals surface area contributed by atoms with E-state index in [2.05, 4.69) is 14.9 Å². The number of guanidine groups is 1. The van der Waals surface area contributed by atoms with Crippen molar-refractivity contribution in [1.29, 1.82) is 0 Å². The zero-order chi connectivity index (χ0) is 19.4. The number of aryl methyl sites for hydroxylation is 1. The molecule has 1 unspecified atom stereocenters. The summed E-state index contributed by atoms with van der Waals surface area (Å²) in [6, 6.07) is 15.2. The van der Waals surface area contributed by atoms with Crippen LogP contribution in [0.25, 0.3) is 21.8 Å². The van der Waals surface area contributed by atoms with Crippen LogP contribution in [0.15, 0.2) is 53.5 Å². The average molecular weight is 366 g/mol. The molecule has 27 heavy (non-hydrogen) atoms. The van der Waals surface area contributed by atoms with Gasteiger partial charge in [0.05, 0.1) is 16.5 Å². The first-order valence-corrected chi connectivity index (χ1v) is 8.83. The molecule has 0 bridgehead atoms. The zero-order valence-corrected chi connectivity index (χ0v) is 15.2. The van der Waals surface area contributed by atoms with E-state index in [-0.39, 0.29) is 5.96 Å². The van der Waals surface area contributed by atoms with Crippen molar-refractivity contribution in [3.05, 3.63) is 48.5 Å². The molecular weight excluding hydrogens is 342 g/mol. The van der Waals surface area contributed by atoms with E-state index in [0.29, 0.717) is 19.4 Å². The number of nitrogens with one attached hydrogen (secondary N) is 1. The number of carbonyl (C=O) groups is 1. The van der Waals surface area contributed by atoms with Gasteiger partial charge < -0.3 is 21.9 Å². The number of benzene rings is 2. The van der Waals surface area contributed by atoms with Crippen LogP contribution in [0.4, 0.5) is 5.69 Å². The maximum atomic E-state index is 11.8. The third kappa shape index (κ3) is 3.92. The predicted octanol–water partition coefficient (Wildman–Crippen LogP) is 1.74. The van der Waals surface area contributed by atoms with Crippen LogP contribution < -0.4 is 21.4 Å². The van der Waals surface area contributed by atoms with E-state index in [0.717, 1.165) is 27.5 Å². The number of nitrogens with zero attached hydrogens (tertiary/aromatic N) is 2. The fourth-order valence-electron chi connectivity index (χ4n) is 3.32. The summed E-state index contributed by atoms with van der Waals surface area (Å²) in [6.07, 6.45) is 0.980. The molecule has 140 valence electrons. The van der Waals surface area contributed by atoms with Gasteiger partial charge >= 0.3 is 5.97 Å². The van der Waals surface area contributed by atoms with Gasteiger partial charge in [-0.1, -0.05) is 24.3 Å². The molecule has 1 atom stereocenters. The summed E-state index contributed by atoms with van der Waals surface area (Å²) in [7, 11) is 2.01. The Morgan fingerprint density at radius 3 is 2.19 bits per heavy atom. The minimum Gasteiger partial charge on any atom is -0.480 e. The molecule has 0 aliphatic carbocycles. The van der Waals surface area contributed by atoms with Crippen molar-refractivity contribution in [1.82, 2.24) is 0 Å². The molecule has 0 saturated carbocycles. The Hall–Kier alpha value is -3.35. The number of aliphatic imine (C=N–C) groups is 1. The van der Waals surface area contributed by atoms with E-state index in [4.69, 9.17) is 11.5 Å². The quantitative estimate of drug-likeness (QED) is 0.167. The molecule has 1 aromatic heterocycles. The Bertz CT molecular complexity index is 955. The lowest BCUT2D eigenvalue weighted by molar-refractivity contribution is -0.617. The highest BCUT2D eigenvalue weighted by atomic mass is 16.4. The lowest BCUT2D eigenvalue weighted by atomic mass is 10.0. The number of rotatable bonds is 7. The predicted molar refractivity (Wildman–Crippen MR) is 108 cm³/mol. The SMILES string of the molecule is C[n+]1c2ccccc2c(NC(CCCN=C(N)N)C(=O)O)c2ccccc21. The van der Waals surface area contributed by atoms with Gasteiger partial charge in [-0.15, -0.1) is 0 Å². The Morgan fingerprint density at radius 1 is 1.11 bits per heavy atom. The number of fused-ring (bicyclic) bond motifs is 2. The smallest absolute Gasteiger partial charge is 0.326 e. The van der Waals surface area contributed by atoms with Gasteiger partial charge in [-0.2, -0.15) is 4.57 Å². The van der Waals surface area contributed by atoms with E-state index < -0.39 is 12.0 Å². The first kappa shape index (κ1) is 18.4.